The predicted octanol–water partition coefficient (Wildman–Crippen LogP) is 3.14. The smallest absolute Gasteiger partial charge is 0.266 e. The van der Waals surface area contributed by atoms with Crippen molar-refractivity contribution in [2.75, 3.05) is 20.3 Å². The Kier molecular flexibility index (Phi) is 8.53. The number of hydrogen-bond acceptors (Lipinski definition) is 7. The van der Waals surface area contributed by atoms with Gasteiger partial charge in [-0.25, -0.2) is 0 Å². The highest BCUT2D eigenvalue weighted by Gasteiger charge is 2.31. The number of carbonyl (C=O) groups excluding carboxylic acids is 2. The molecule has 1 aliphatic heterocycles. The fraction of sp³-hybridized carbons (Fsp3) is 0.316. The second-order valence-corrected chi connectivity index (χ2v) is 8.33. The van der Waals surface area contributed by atoms with E-state index in [2.05, 4.69) is 22.5 Å². The summed E-state index contributed by atoms with van der Waals surface area (Å²) in [6.45, 7) is 4.35. The summed E-state index contributed by atoms with van der Waals surface area (Å²) in [5.41, 5.74) is 0.757. The van der Waals surface area contributed by atoms with E-state index in [1.807, 2.05) is 6.07 Å². The minimum Gasteiger partial charge on any atom is -0.550 e. The number of thiocarbonyl (C=S) groups is 1. The molecular weight excluding hydrogens is 466 g/mol. The fourth-order valence-electron chi connectivity index (χ4n) is 2.49. The van der Waals surface area contributed by atoms with Crippen LogP contribution in [0.15, 0.2) is 34.2 Å². The first-order chi connectivity index (χ1) is 13.4. The zero-order chi connectivity index (χ0) is 20.7. The molecule has 0 N–H and O–H groups in total. The first-order valence-electron chi connectivity index (χ1n) is 8.43. The molecule has 0 radical (unpaired) electrons. The summed E-state index contributed by atoms with van der Waals surface area (Å²) in [6, 6.07) is 3.60. The van der Waals surface area contributed by atoms with Crippen LogP contribution in [0.1, 0.15) is 24.8 Å². The highest BCUT2D eigenvalue weighted by Crippen LogP contribution is 2.39. The van der Waals surface area contributed by atoms with Gasteiger partial charge in [0.25, 0.3) is 5.91 Å². The Balaban J connectivity index is 2.15. The van der Waals surface area contributed by atoms with Crippen molar-refractivity contribution < 1.29 is 24.2 Å². The minimum atomic E-state index is -1.09. The summed E-state index contributed by atoms with van der Waals surface area (Å²) in [6.07, 6.45) is 4.33. The molecule has 1 saturated heterocycles. The van der Waals surface area contributed by atoms with E-state index in [9.17, 15) is 14.7 Å². The number of rotatable bonds is 10. The Hall–Kier alpha value is -1.84. The molecule has 150 valence electrons. The second kappa shape index (κ2) is 10.6. The number of benzene rings is 1. The topological polar surface area (TPSA) is 78.9 Å². The van der Waals surface area contributed by atoms with E-state index in [-0.39, 0.29) is 12.3 Å². The van der Waals surface area contributed by atoms with Crippen LogP contribution in [0.2, 0.25) is 0 Å². The van der Waals surface area contributed by atoms with E-state index < -0.39 is 5.97 Å². The third kappa shape index (κ3) is 5.83. The van der Waals surface area contributed by atoms with Gasteiger partial charge in [0.1, 0.15) is 10.9 Å². The maximum atomic E-state index is 12.6. The van der Waals surface area contributed by atoms with Crippen molar-refractivity contribution >= 4 is 62.2 Å². The lowest BCUT2D eigenvalue weighted by Gasteiger charge is -2.14. The van der Waals surface area contributed by atoms with E-state index in [4.69, 9.17) is 21.7 Å². The SMILES string of the molecule is C=CCOc1c(Br)cc(C=C2SC(=S)N(CCCCC(=O)[O-])C2=O)cc1OC. The zero-order valence-electron chi connectivity index (χ0n) is 15.2. The van der Waals surface area contributed by atoms with Crippen LogP contribution in [-0.4, -0.2) is 41.4 Å². The molecule has 0 spiro atoms. The standard InChI is InChI=1S/C19H20BrNO5S2/c1-3-8-26-17-13(20)9-12(10-14(17)25-2)11-15-18(24)21(19(27)28-15)7-5-4-6-16(22)23/h3,9-11H,1,4-8H2,2H3,(H,22,23)/p-1. The lowest BCUT2D eigenvalue weighted by atomic mass is 10.1. The summed E-state index contributed by atoms with van der Waals surface area (Å²) < 4.78 is 12.1. The Morgan fingerprint density at radius 2 is 2.18 bits per heavy atom. The molecule has 1 aromatic carbocycles. The Labute approximate surface area is 181 Å². The van der Waals surface area contributed by atoms with Crippen molar-refractivity contribution in [3.63, 3.8) is 0 Å². The number of thioether (sulfide) groups is 1. The van der Waals surface area contributed by atoms with Crippen LogP contribution in [0.3, 0.4) is 0 Å². The summed E-state index contributed by atoms with van der Waals surface area (Å²) >= 11 is 9.97. The van der Waals surface area contributed by atoms with Gasteiger partial charge in [0.05, 0.1) is 16.5 Å². The zero-order valence-corrected chi connectivity index (χ0v) is 18.5. The van der Waals surface area contributed by atoms with Crippen LogP contribution in [-0.2, 0) is 9.59 Å². The lowest BCUT2D eigenvalue weighted by molar-refractivity contribution is -0.305. The van der Waals surface area contributed by atoms with Gasteiger partial charge in [-0.3, -0.25) is 9.69 Å². The molecular formula is C19H19BrNO5S2-. The van der Waals surface area contributed by atoms with E-state index >= 15 is 0 Å². The molecule has 0 aliphatic carbocycles. The van der Waals surface area contributed by atoms with Crippen LogP contribution in [0.25, 0.3) is 6.08 Å². The maximum absolute atomic E-state index is 12.6. The number of ether oxygens (including phenoxy) is 2. The van der Waals surface area contributed by atoms with Crippen molar-refractivity contribution in [1.82, 2.24) is 4.90 Å². The molecule has 28 heavy (non-hydrogen) atoms. The van der Waals surface area contributed by atoms with E-state index in [0.717, 1.165) is 5.56 Å². The molecule has 1 heterocycles. The summed E-state index contributed by atoms with van der Waals surface area (Å²) in [5.74, 6) is -0.198. The van der Waals surface area contributed by atoms with Gasteiger partial charge in [-0.2, -0.15) is 0 Å². The monoisotopic (exact) mass is 484 g/mol. The van der Waals surface area contributed by atoms with Gasteiger partial charge in [0.2, 0.25) is 0 Å². The summed E-state index contributed by atoms with van der Waals surface area (Å²) in [7, 11) is 1.54. The second-order valence-electron chi connectivity index (χ2n) is 5.80. The minimum absolute atomic E-state index is 0.0290. The molecule has 0 bridgehead atoms. The average Bonchev–Trinajstić information content (AvgIpc) is 2.90. The molecule has 1 fully saturated rings. The number of amides is 1. The average molecular weight is 485 g/mol. The van der Waals surface area contributed by atoms with Gasteiger partial charge in [0, 0.05) is 12.5 Å². The van der Waals surface area contributed by atoms with Crippen LogP contribution in [0, 0.1) is 0 Å². The number of methoxy groups -OCH3 is 1. The van der Waals surface area contributed by atoms with Gasteiger partial charge < -0.3 is 19.4 Å². The first-order valence-corrected chi connectivity index (χ1v) is 10.5. The normalized spacial score (nSPS) is 15.2. The molecule has 0 saturated carbocycles. The van der Waals surface area contributed by atoms with E-state index in [1.54, 1.807) is 25.3 Å². The van der Waals surface area contributed by atoms with Crippen molar-refractivity contribution in [3.05, 3.63) is 39.7 Å². The molecule has 1 aromatic rings. The molecule has 6 nitrogen and oxygen atoms in total. The number of carboxylic acids is 1. The first kappa shape index (κ1) is 22.4. The fourth-order valence-corrected chi connectivity index (χ4v) is 4.37. The largest absolute Gasteiger partial charge is 0.550 e. The number of hydrogen-bond donors (Lipinski definition) is 0. The molecule has 0 atom stereocenters. The molecule has 1 amide bonds. The molecule has 2 rings (SSSR count). The Morgan fingerprint density at radius 3 is 2.82 bits per heavy atom. The van der Waals surface area contributed by atoms with Crippen molar-refractivity contribution in [2.24, 2.45) is 0 Å². The van der Waals surface area contributed by atoms with Gasteiger partial charge in [-0.1, -0.05) is 36.6 Å². The maximum Gasteiger partial charge on any atom is 0.266 e. The van der Waals surface area contributed by atoms with Gasteiger partial charge >= 0.3 is 0 Å². The van der Waals surface area contributed by atoms with E-state index in [1.165, 1.54) is 16.7 Å². The molecule has 0 aromatic heterocycles. The van der Waals surface area contributed by atoms with Crippen LogP contribution in [0.4, 0.5) is 0 Å². The Morgan fingerprint density at radius 1 is 1.43 bits per heavy atom. The molecule has 0 unspecified atom stereocenters. The summed E-state index contributed by atoms with van der Waals surface area (Å²) in [4.78, 5) is 25.1. The number of nitrogens with zero attached hydrogens (tertiary/aromatic N) is 1. The van der Waals surface area contributed by atoms with Crippen molar-refractivity contribution in [3.8, 4) is 11.5 Å². The highest BCUT2D eigenvalue weighted by molar-refractivity contribution is 9.10. The van der Waals surface area contributed by atoms with Crippen molar-refractivity contribution in [2.45, 2.75) is 19.3 Å². The molecule has 1 aliphatic rings. The molecule has 9 heteroatoms. The number of halogens is 1. The van der Waals surface area contributed by atoms with Gasteiger partial charge in [-0.15, -0.1) is 0 Å². The highest BCUT2D eigenvalue weighted by atomic mass is 79.9. The third-order valence-corrected chi connectivity index (χ3v) is 5.75. The number of unbranched alkanes of at least 4 members (excludes halogenated alkanes) is 1. The third-order valence-electron chi connectivity index (χ3n) is 3.78. The van der Waals surface area contributed by atoms with Crippen LogP contribution in [0.5, 0.6) is 11.5 Å². The number of carboxylic acid groups (broad SMARTS) is 1. The predicted molar refractivity (Wildman–Crippen MR) is 115 cm³/mol. The van der Waals surface area contributed by atoms with E-state index in [0.29, 0.717) is 51.2 Å². The lowest BCUT2D eigenvalue weighted by Crippen LogP contribution is -2.29. The number of aliphatic carboxylic acids is 1. The van der Waals surface area contributed by atoms with Crippen molar-refractivity contribution in [1.29, 1.82) is 0 Å². The van der Waals surface area contributed by atoms with Crippen LogP contribution >= 0.6 is 39.9 Å². The van der Waals surface area contributed by atoms with Gasteiger partial charge in [-0.05, 0) is 59.0 Å². The Bertz CT molecular complexity index is 825. The van der Waals surface area contributed by atoms with Crippen LogP contribution < -0.4 is 14.6 Å². The number of carbonyl (C=O) groups is 2. The quantitative estimate of drug-likeness (QED) is 0.218. The summed E-state index contributed by atoms with van der Waals surface area (Å²) in [5, 5.41) is 10.5. The van der Waals surface area contributed by atoms with Gasteiger partial charge in [0.15, 0.2) is 11.5 Å².